The second-order valence-electron chi connectivity index (χ2n) is 4.65. The van der Waals surface area contributed by atoms with Gasteiger partial charge in [0, 0.05) is 25.5 Å². The summed E-state index contributed by atoms with van der Waals surface area (Å²) in [5.41, 5.74) is 0.844. The van der Waals surface area contributed by atoms with Crippen molar-refractivity contribution in [3.8, 4) is 0 Å². The Labute approximate surface area is 118 Å². The second-order valence-corrected chi connectivity index (χ2v) is 5.76. The molecule has 1 heterocycles. The lowest BCUT2D eigenvalue weighted by molar-refractivity contribution is -0.117. The van der Waals surface area contributed by atoms with Crippen molar-refractivity contribution in [1.29, 1.82) is 0 Å². The van der Waals surface area contributed by atoms with Crippen molar-refractivity contribution >= 4 is 23.7 Å². The summed E-state index contributed by atoms with van der Waals surface area (Å²) in [6, 6.07) is 9.79. The SMILES string of the molecule is COC1(CNC(=O)C=Cc2ccccc2)CCSC1. The van der Waals surface area contributed by atoms with Gasteiger partial charge in [-0.15, -0.1) is 0 Å². The lowest BCUT2D eigenvalue weighted by Gasteiger charge is -2.26. The molecule has 1 aliphatic heterocycles. The normalized spacial score (nSPS) is 22.8. The Morgan fingerprint density at radius 1 is 1.47 bits per heavy atom. The lowest BCUT2D eigenvalue weighted by Crippen LogP contribution is -2.44. The summed E-state index contributed by atoms with van der Waals surface area (Å²) in [4.78, 5) is 11.8. The van der Waals surface area contributed by atoms with Gasteiger partial charge in [-0.2, -0.15) is 11.8 Å². The van der Waals surface area contributed by atoms with Crippen molar-refractivity contribution in [2.45, 2.75) is 12.0 Å². The molecule has 0 spiro atoms. The monoisotopic (exact) mass is 277 g/mol. The number of carbonyl (C=O) groups is 1. The smallest absolute Gasteiger partial charge is 0.244 e. The highest BCUT2D eigenvalue weighted by Gasteiger charge is 2.34. The zero-order valence-electron chi connectivity index (χ0n) is 11.1. The molecule has 1 aromatic carbocycles. The predicted octanol–water partition coefficient (Wildman–Crippen LogP) is 2.34. The summed E-state index contributed by atoms with van der Waals surface area (Å²) in [5, 5.41) is 2.92. The van der Waals surface area contributed by atoms with Crippen LogP contribution >= 0.6 is 11.8 Å². The Morgan fingerprint density at radius 3 is 2.89 bits per heavy atom. The van der Waals surface area contributed by atoms with Crippen LogP contribution in [-0.4, -0.2) is 36.7 Å². The highest BCUT2D eigenvalue weighted by molar-refractivity contribution is 7.99. The van der Waals surface area contributed by atoms with E-state index in [1.54, 1.807) is 13.2 Å². The number of benzene rings is 1. The van der Waals surface area contributed by atoms with Crippen LogP contribution < -0.4 is 5.32 Å². The Kier molecular flexibility index (Phi) is 5.05. The van der Waals surface area contributed by atoms with E-state index in [9.17, 15) is 4.79 Å². The molecular formula is C15H19NO2S. The van der Waals surface area contributed by atoms with Crippen LogP contribution in [0.2, 0.25) is 0 Å². The molecule has 1 saturated heterocycles. The zero-order chi connectivity index (χ0) is 13.6. The van der Waals surface area contributed by atoms with Gasteiger partial charge in [-0.3, -0.25) is 4.79 Å². The Hall–Kier alpha value is -1.26. The third-order valence-electron chi connectivity index (χ3n) is 3.31. The number of hydrogen-bond donors (Lipinski definition) is 1. The fourth-order valence-electron chi connectivity index (χ4n) is 2.00. The average Bonchev–Trinajstić information content (AvgIpc) is 2.93. The zero-order valence-corrected chi connectivity index (χ0v) is 11.9. The maximum Gasteiger partial charge on any atom is 0.244 e. The molecule has 0 radical (unpaired) electrons. The summed E-state index contributed by atoms with van der Waals surface area (Å²) < 4.78 is 5.55. The molecule has 1 atom stereocenters. The number of thioether (sulfide) groups is 1. The van der Waals surface area contributed by atoms with Gasteiger partial charge >= 0.3 is 0 Å². The van der Waals surface area contributed by atoms with Crippen LogP contribution in [0.15, 0.2) is 36.4 Å². The van der Waals surface area contributed by atoms with E-state index < -0.39 is 0 Å². The molecule has 0 bridgehead atoms. The Morgan fingerprint density at radius 2 is 2.26 bits per heavy atom. The first-order chi connectivity index (χ1) is 9.24. The van der Waals surface area contributed by atoms with E-state index in [2.05, 4.69) is 5.32 Å². The molecule has 102 valence electrons. The van der Waals surface area contributed by atoms with E-state index >= 15 is 0 Å². The number of hydrogen-bond acceptors (Lipinski definition) is 3. The van der Waals surface area contributed by atoms with E-state index in [1.807, 2.05) is 48.2 Å². The lowest BCUT2D eigenvalue weighted by atomic mass is 10.0. The maximum absolute atomic E-state index is 11.8. The number of carbonyl (C=O) groups excluding carboxylic acids is 1. The van der Waals surface area contributed by atoms with Gasteiger partial charge < -0.3 is 10.1 Å². The number of methoxy groups -OCH3 is 1. The van der Waals surface area contributed by atoms with Crippen LogP contribution in [0.4, 0.5) is 0 Å². The number of amides is 1. The number of nitrogens with one attached hydrogen (secondary N) is 1. The summed E-state index contributed by atoms with van der Waals surface area (Å²) in [6.07, 6.45) is 4.38. The largest absolute Gasteiger partial charge is 0.376 e. The first kappa shape index (κ1) is 14.2. The molecule has 1 aromatic rings. The van der Waals surface area contributed by atoms with Crippen molar-refractivity contribution in [1.82, 2.24) is 5.32 Å². The number of ether oxygens (including phenoxy) is 1. The van der Waals surface area contributed by atoms with E-state index in [4.69, 9.17) is 4.74 Å². The quantitative estimate of drug-likeness (QED) is 0.840. The topological polar surface area (TPSA) is 38.3 Å². The molecule has 1 fully saturated rings. The first-order valence-corrected chi connectivity index (χ1v) is 7.53. The van der Waals surface area contributed by atoms with Gasteiger partial charge in [-0.05, 0) is 23.8 Å². The van der Waals surface area contributed by atoms with Crippen LogP contribution in [0, 0.1) is 0 Å². The molecule has 1 N–H and O–H groups in total. The fraction of sp³-hybridized carbons (Fsp3) is 0.400. The standard InChI is InChI=1S/C15H19NO2S/c1-18-15(9-10-19-12-15)11-16-14(17)8-7-13-5-3-2-4-6-13/h2-8H,9-12H2,1H3,(H,16,17). The van der Waals surface area contributed by atoms with Gasteiger partial charge in [-0.1, -0.05) is 30.3 Å². The molecule has 19 heavy (non-hydrogen) atoms. The van der Waals surface area contributed by atoms with Gasteiger partial charge in [-0.25, -0.2) is 0 Å². The van der Waals surface area contributed by atoms with Crippen LogP contribution in [0.25, 0.3) is 6.08 Å². The minimum Gasteiger partial charge on any atom is -0.376 e. The molecule has 2 rings (SSSR count). The van der Waals surface area contributed by atoms with Gasteiger partial charge in [0.15, 0.2) is 0 Å². The summed E-state index contributed by atoms with van der Waals surface area (Å²) in [6.45, 7) is 0.578. The molecule has 1 unspecified atom stereocenters. The van der Waals surface area contributed by atoms with E-state index in [0.29, 0.717) is 6.54 Å². The number of rotatable bonds is 5. The van der Waals surface area contributed by atoms with Crippen molar-refractivity contribution in [3.63, 3.8) is 0 Å². The minimum absolute atomic E-state index is 0.0721. The molecule has 0 aliphatic carbocycles. The van der Waals surface area contributed by atoms with Crippen LogP contribution in [0.3, 0.4) is 0 Å². The molecule has 0 aromatic heterocycles. The third kappa shape index (κ3) is 4.11. The van der Waals surface area contributed by atoms with Crippen LogP contribution in [0.5, 0.6) is 0 Å². The maximum atomic E-state index is 11.8. The van der Waals surface area contributed by atoms with E-state index in [1.165, 1.54) is 0 Å². The van der Waals surface area contributed by atoms with Crippen molar-refractivity contribution in [2.75, 3.05) is 25.2 Å². The molecule has 0 saturated carbocycles. The second kappa shape index (κ2) is 6.78. The molecule has 4 heteroatoms. The molecule has 3 nitrogen and oxygen atoms in total. The van der Waals surface area contributed by atoms with Crippen molar-refractivity contribution < 1.29 is 9.53 Å². The van der Waals surface area contributed by atoms with E-state index in [0.717, 1.165) is 23.5 Å². The van der Waals surface area contributed by atoms with Crippen LogP contribution in [0.1, 0.15) is 12.0 Å². The van der Waals surface area contributed by atoms with E-state index in [-0.39, 0.29) is 11.5 Å². The van der Waals surface area contributed by atoms with Gasteiger partial charge in [0.25, 0.3) is 0 Å². The summed E-state index contributed by atoms with van der Waals surface area (Å²) in [5.74, 6) is 1.98. The predicted molar refractivity (Wildman–Crippen MR) is 80.2 cm³/mol. The van der Waals surface area contributed by atoms with Gasteiger partial charge in [0.2, 0.25) is 5.91 Å². The highest BCUT2D eigenvalue weighted by atomic mass is 32.2. The average molecular weight is 277 g/mol. The third-order valence-corrected chi connectivity index (χ3v) is 4.53. The highest BCUT2D eigenvalue weighted by Crippen LogP contribution is 2.30. The fourth-order valence-corrected chi connectivity index (χ4v) is 3.40. The summed E-state index contributed by atoms with van der Waals surface area (Å²) in [7, 11) is 1.72. The van der Waals surface area contributed by atoms with Gasteiger partial charge in [0.1, 0.15) is 0 Å². The molecular weight excluding hydrogens is 258 g/mol. The minimum atomic E-state index is -0.180. The Balaban J connectivity index is 1.83. The Bertz CT molecular complexity index is 439. The molecule has 1 aliphatic rings. The van der Waals surface area contributed by atoms with Gasteiger partial charge in [0.05, 0.1) is 5.60 Å². The van der Waals surface area contributed by atoms with Crippen molar-refractivity contribution in [3.05, 3.63) is 42.0 Å². The van der Waals surface area contributed by atoms with Crippen molar-refractivity contribution in [2.24, 2.45) is 0 Å². The summed E-state index contributed by atoms with van der Waals surface area (Å²) >= 11 is 1.87. The molecule has 1 amide bonds. The van der Waals surface area contributed by atoms with Crippen LogP contribution in [-0.2, 0) is 9.53 Å². The first-order valence-electron chi connectivity index (χ1n) is 6.38.